The van der Waals surface area contributed by atoms with Crippen molar-refractivity contribution >= 4 is 11.7 Å². The first-order valence-electron chi connectivity index (χ1n) is 9.59. The fraction of sp³-hybridized carbons (Fsp3) is 0.500. The highest BCUT2D eigenvalue weighted by Gasteiger charge is 2.47. The van der Waals surface area contributed by atoms with Gasteiger partial charge in [-0.2, -0.15) is 18.3 Å². The topological polar surface area (TPSA) is 50.2 Å². The number of hydrogen-bond acceptors (Lipinski definition) is 3. The van der Waals surface area contributed by atoms with Gasteiger partial charge in [-0.3, -0.25) is 4.79 Å². The number of aromatic nitrogens is 2. The lowest BCUT2D eigenvalue weighted by molar-refractivity contribution is -0.173. The van der Waals surface area contributed by atoms with Gasteiger partial charge in [0.05, 0.1) is 12.2 Å². The lowest BCUT2D eigenvalue weighted by Gasteiger charge is -2.35. The normalized spacial score (nSPS) is 23.2. The third kappa shape index (κ3) is 3.47. The number of halogens is 3. The van der Waals surface area contributed by atoms with Gasteiger partial charge in [-0.05, 0) is 24.3 Å². The van der Waals surface area contributed by atoms with Crippen molar-refractivity contribution in [1.29, 1.82) is 0 Å². The lowest BCUT2D eigenvalue weighted by Crippen LogP contribution is -2.39. The van der Waals surface area contributed by atoms with Crippen LogP contribution >= 0.6 is 0 Å². The smallest absolute Gasteiger partial charge is 0.363 e. The van der Waals surface area contributed by atoms with Crippen molar-refractivity contribution in [2.75, 3.05) is 18.4 Å². The Labute approximate surface area is 161 Å². The molecule has 2 unspecified atom stereocenters. The van der Waals surface area contributed by atoms with Gasteiger partial charge in [0, 0.05) is 19.5 Å². The number of carbonyl (C=O) groups is 1. The fourth-order valence-corrected chi connectivity index (χ4v) is 4.01. The summed E-state index contributed by atoms with van der Waals surface area (Å²) in [6.45, 7) is 3.38. The Bertz CT molecular complexity index is 841. The fourth-order valence-electron chi connectivity index (χ4n) is 4.01. The molecule has 150 valence electrons. The zero-order valence-corrected chi connectivity index (χ0v) is 15.6. The minimum absolute atomic E-state index is 0.158. The minimum atomic E-state index is -4.45. The van der Waals surface area contributed by atoms with Crippen LogP contribution in [0.4, 0.5) is 19.0 Å². The summed E-state index contributed by atoms with van der Waals surface area (Å²) in [5.41, 5.74) is 0.971. The summed E-state index contributed by atoms with van der Waals surface area (Å²) < 4.78 is 42.1. The van der Waals surface area contributed by atoms with Crippen LogP contribution in [0.3, 0.4) is 0 Å². The number of piperidine rings is 1. The second-order valence-corrected chi connectivity index (χ2v) is 7.73. The molecule has 0 saturated carbocycles. The molecule has 2 atom stereocenters. The molecule has 4 rings (SSSR count). The maximum absolute atomic E-state index is 13.7. The molecule has 2 aliphatic heterocycles. The third-order valence-electron chi connectivity index (χ3n) is 5.74. The first-order valence-corrected chi connectivity index (χ1v) is 9.59. The van der Waals surface area contributed by atoms with E-state index in [9.17, 15) is 18.0 Å². The van der Waals surface area contributed by atoms with Crippen LogP contribution in [0, 0.1) is 5.92 Å². The van der Waals surface area contributed by atoms with E-state index in [2.05, 4.69) is 17.3 Å². The zero-order valence-electron chi connectivity index (χ0n) is 15.6. The molecule has 0 radical (unpaired) electrons. The number of amides is 1. The van der Waals surface area contributed by atoms with Gasteiger partial charge in [0.1, 0.15) is 11.4 Å². The largest absolute Gasteiger partial charge is 0.410 e. The number of nitrogens with one attached hydrogen (secondary N) is 1. The Hall–Kier alpha value is -2.51. The summed E-state index contributed by atoms with van der Waals surface area (Å²) in [7, 11) is 0. The number of hydrogen-bond donors (Lipinski definition) is 1. The summed E-state index contributed by atoms with van der Waals surface area (Å²) in [5, 5.41) is 7.10. The minimum Gasteiger partial charge on any atom is -0.363 e. The van der Waals surface area contributed by atoms with Gasteiger partial charge in [-0.15, -0.1) is 0 Å². The average Bonchev–Trinajstić information content (AvgIpc) is 3.11. The summed E-state index contributed by atoms with van der Waals surface area (Å²) >= 11 is 0. The molecule has 1 saturated heterocycles. The van der Waals surface area contributed by atoms with Crippen LogP contribution in [-0.4, -0.2) is 39.9 Å². The van der Waals surface area contributed by atoms with E-state index < -0.39 is 18.3 Å². The molecule has 1 amide bonds. The van der Waals surface area contributed by atoms with E-state index in [-0.39, 0.29) is 23.7 Å². The Morgan fingerprint density at radius 1 is 1.18 bits per heavy atom. The second-order valence-electron chi connectivity index (χ2n) is 7.73. The Morgan fingerprint density at radius 2 is 1.86 bits per heavy atom. The number of rotatable bonds is 2. The number of carbonyl (C=O) groups excluding carboxylic acids is 1. The van der Waals surface area contributed by atoms with Gasteiger partial charge in [0.15, 0.2) is 6.04 Å². The first kappa shape index (κ1) is 18.8. The second kappa shape index (κ2) is 7.14. The van der Waals surface area contributed by atoms with Crippen LogP contribution < -0.4 is 5.32 Å². The number of anilines is 1. The molecule has 0 spiro atoms. The SMILES string of the molecule is CC1CCN(C(=O)c2cnn3c2NC(c2ccccc2)CC3C(F)(F)F)CC1. The summed E-state index contributed by atoms with van der Waals surface area (Å²) in [4.78, 5) is 14.7. The van der Waals surface area contributed by atoms with Crippen LogP contribution in [0.2, 0.25) is 0 Å². The quantitative estimate of drug-likeness (QED) is 0.823. The molecule has 1 aromatic heterocycles. The standard InChI is InChI=1S/C20H23F3N4O/c1-13-7-9-26(10-8-13)19(28)15-12-24-27-17(20(21,22)23)11-16(25-18(15)27)14-5-3-2-4-6-14/h2-6,12-13,16-17,25H,7-11H2,1H3. The molecule has 1 N–H and O–H groups in total. The van der Waals surface area contributed by atoms with Gasteiger partial charge < -0.3 is 10.2 Å². The van der Waals surface area contributed by atoms with E-state index >= 15 is 0 Å². The van der Waals surface area contributed by atoms with Crippen LogP contribution in [0.15, 0.2) is 36.5 Å². The Kier molecular flexibility index (Phi) is 4.81. The van der Waals surface area contributed by atoms with Gasteiger partial charge in [-0.1, -0.05) is 37.3 Å². The molecule has 0 bridgehead atoms. The van der Waals surface area contributed by atoms with Crippen LogP contribution in [0.5, 0.6) is 0 Å². The van der Waals surface area contributed by atoms with Crippen LogP contribution in [0.25, 0.3) is 0 Å². The molecule has 28 heavy (non-hydrogen) atoms. The summed E-state index contributed by atoms with van der Waals surface area (Å²) in [6, 6.07) is 6.71. The Morgan fingerprint density at radius 3 is 2.50 bits per heavy atom. The zero-order chi connectivity index (χ0) is 19.9. The molecule has 1 aromatic carbocycles. The van der Waals surface area contributed by atoms with E-state index in [0.29, 0.717) is 19.0 Å². The maximum Gasteiger partial charge on any atom is 0.410 e. The molecule has 2 aromatic rings. The predicted octanol–water partition coefficient (Wildman–Crippen LogP) is 4.42. The van der Waals surface area contributed by atoms with Crippen molar-refractivity contribution in [2.45, 2.75) is 44.4 Å². The summed E-state index contributed by atoms with van der Waals surface area (Å²) in [6.07, 6.45) is -1.54. The van der Waals surface area contributed by atoms with E-state index in [1.807, 2.05) is 6.07 Å². The molecule has 1 fully saturated rings. The maximum atomic E-state index is 13.7. The first-order chi connectivity index (χ1) is 13.3. The highest BCUT2D eigenvalue weighted by atomic mass is 19.4. The van der Waals surface area contributed by atoms with Gasteiger partial charge in [0.2, 0.25) is 0 Å². The predicted molar refractivity (Wildman–Crippen MR) is 99.0 cm³/mol. The molecule has 3 heterocycles. The molecule has 2 aliphatic rings. The Balaban J connectivity index is 1.68. The van der Waals surface area contributed by atoms with Gasteiger partial charge in [0.25, 0.3) is 5.91 Å². The molecule has 0 aliphatic carbocycles. The number of alkyl halides is 3. The van der Waals surface area contributed by atoms with Crippen molar-refractivity contribution in [3.8, 4) is 0 Å². The number of fused-ring (bicyclic) bond motifs is 1. The number of nitrogens with zero attached hydrogens (tertiary/aromatic N) is 3. The van der Waals surface area contributed by atoms with E-state index in [1.165, 1.54) is 6.20 Å². The van der Waals surface area contributed by atoms with Crippen molar-refractivity contribution in [1.82, 2.24) is 14.7 Å². The molecular formula is C20H23F3N4O. The van der Waals surface area contributed by atoms with Crippen LogP contribution in [-0.2, 0) is 0 Å². The van der Waals surface area contributed by atoms with Gasteiger partial charge >= 0.3 is 6.18 Å². The van der Waals surface area contributed by atoms with Crippen molar-refractivity contribution in [3.63, 3.8) is 0 Å². The van der Waals surface area contributed by atoms with Crippen molar-refractivity contribution < 1.29 is 18.0 Å². The van der Waals surface area contributed by atoms with Crippen molar-refractivity contribution in [2.24, 2.45) is 5.92 Å². The lowest BCUT2D eigenvalue weighted by atomic mass is 9.96. The summed E-state index contributed by atoms with van der Waals surface area (Å²) in [5.74, 6) is 0.460. The van der Waals surface area contributed by atoms with Crippen molar-refractivity contribution in [3.05, 3.63) is 47.7 Å². The monoisotopic (exact) mass is 392 g/mol. The molecule has 5 nitrogen and oxygen atoms in total. The molecule has 8 heteroatoms. The average molecular weight is 392 g/mol. The van der Waals surface area contributed by atoms with Crippen LogP contribution in [0.1, 0.15) is 54.2 Å². The number of benzene rings is 1. The highest BCUT2D eigenvalue weighted by Crippen LogP contribution is 2.44. The van der Waals surface area contributed by atoms with Gasteiger partial charge in [-0.25, -0.2) is 4.68 Å². The van der Waals surface area contributed by atoms with E-state index in [0.717, 1.165) is 23.1 Å². The van der Waals surface area contributed by atoms with E-state index in [1.54, 1.807) is 29.2 Å². The third-order valence-corrected chi connectivity index (χ3v) is 5.74. The highest BCUT2D eigenvalue weighted by molar-refractivity contribution is 5.99. The van der Waals surface area contributed by atoms with E-state index in [4.69, 9.17) is 0 Å². The number of likely N-dealkylation sites (tertiary alicyclic amines) is 1. The molecular weight excluding hydrogens is 369 g/mol.